The summed E-state index contributed by atoms with van der Waals surface area (Å²) in [4.78, 5) is 0. The third-order valence-corrected chi connectivity index (χ3v) is 1.54. The van der Waals surface area contributed by atoms with Gasteiger partial charge in [-0.1, -0.05) is 12.1 Å². The van der Waals surface area contributed by atoms with Crippen molar-refractivity contribution in [2.45, 2.75) is 0 Å². The number of rotatable bonds is 1. The van der Waals surface area contributed by atoms with E-state index in [9.17, 15) is 5.11 Å². The fourth-order valence-corrected chi connectivity index (χ4v) is 0.972. The van der Waals surface area contributed by atoms with E-state index in [1.165, 1.54) is 6.26 Å². The van der Waals surface area contributed by atoms with Gasteiger partial charge < -0.3 is 9.63 Å². The van der Waals surface area contributed by atoms with Crippen LogP contribution < -0.4 is 0 Å². The molecule has 12 heavy (non-hydrogen) atoms. The van der Waals surface area contributed by atoms with Gasteiger partial charge in [0.1, 0.15) is 11.4 Å². The topological polar surface area (TPSA) is 59.2 Å². The lowest BCUT2D eigenvalue weighted by atomic mass is 10.1. The third kappa shape index (κ3) is 1.03. The van der Waals surface area contributed by atoms with Crippen molar-refractivity contribution in [3.8, 4) is 17.0 Å². The SMILES string of the molecule is Oc1ccccc1-c1conn1. The van der Waals surface area contributed by atoms with Crippen molar-refractivity contribution in [3.63, 3.8) is 0 Å². The molecule has 60 valence electrons. The van der Waals surface area contributed by atoms with E-state index in [-0.39, 0.29) is 5.75 Å². The molecule has 1 aromatic heterocycles. The van der Waals surface area contributed by atoms with Crippen molar-refractivity contribution in [1.29, 1.82) is 0 Å². The lowest BCUT2D eigenvalue weighted by molar-refractivity contribution is 0.393. The number of aromatic hydroxyl groups is 1. The Morgan fingerprint density at radius 2 is 2.08 bits per heavy atom. The summed E-state index contributed by atoms with van der Waals surface area (Å²) in [6.07, 6.45) is 1.38. The van der Waals surface area contributed by atoms with Gasteiger partial charge in [-0.2, -0.15) is 0 Å². The Bertz CT molecular complexity index is 370. The van der Waals surface area contributed by atoms with Crippen LogP contribution in [0.1, 0.15) is 0 Å². The second-order valence-electron chi connectivity index (χ2n) is 2.31. The van der Waals surface area contributed by atoms with Gasteiger partial charge in [-0.05, 0) is 12.1 Å². The van der Waals surface area contributed by atoms with Crippen molar-refractivity contribution in [1.82, 2.24) is 10.4 Å². The van der Waals surface area contributed by atoms with E-state index in [0.29, 0.717) is 11.3 Å². The van der Waals surface area contributed by atoms with E-state index >= 15 is 0 Å². The maximum Gasteiger partial charge on any atom is 0.152 e. The van der Waals surface area contributed by atoms with Gasteiger partial charge in [0.05, 0.1) is 0 Å². The average molecular weight is 162 g/mol. The monoisotopic (exact) mass is 162 g/mol. The highest BCUT2D eigenvalue weighted by Crippen LogP contribution is 2.25. The van der Waals surface area contributed by atoms with Crippen LogP contribution >= 0.6 is 0 Å². The summed E-state index contributed by atoms with van der Waals surface area (Å²) in [7, 11) is 0. The van der Waals surface area contributed by atoms with Gasteiger partial charge in [-0.15, -0.1) is 5.10 Å². The average Bonchev–Trinajstić information content (AvgIpc) is 2.57. The van der Waals surface area contributed by atoms with Gasteiger partial charge in [0.2, 0.25) is 0 Å². The van der Waals surface area contributed by atoms with E-state index in [2.05, 4.69) is 14.9 Å². The molecule has 4 nitrogen and oxygen atoms in total. The van der Waals surface area contributed by atoms with Crippen LogP contribution in [0.3, 0.4) is 0 Å². The minimum Gasteiger partial charge on any atom is -0.507 e. The standard InChI is InChI=1S/C8H6N2O2/c11-8-4-2-1-3-6(8)7-5-12-10-9-7/h1-5,11H. The normalized spacial score (nSPS) is 10.0. The molecule has 2 rings (SSSR count). The van der Waals surface area contributed by atoms with Gasteiger partial charge in [0, 0.05) is 10.8 Å². The summed E-state index contributed by atoms with van der Waals surface area (Å²) in [6.45, 7) is 0. The molecule has 0 aliphatic carbocycles. The molecule has 0 aliphatic rings. The van der Waals surface area contributed by atoms with E-state index in [1.807, 2.05) is 6.07 Å². The number of hydrogen-bond acceptors (Lipinski definition) is 4. The van der Waals surface area contributed by atoms with Gasteiger partial charge in [0.25, 0.3) is 0 Å². The van der Waals surface area contributed by atoms with E-state index in [4.69, 9.17) is 0 Å². The Morgan fingerprint density at radius 1 is 1.25 bits per heavy atom. The minimum atomic E-state index is 0.174. The maximum atomic E-state index is 9.37. The molecule has 2 aromatic rings. The summed E-state index contributed by atoms with van der Waals surface area (Å²) < 4.78 is 4.55. The maximum absolute atomic E-state index is 9.37. The highest BCUT2D eigenvalue weighted by atomic mass is 16.5. The first kappa shape index (κ1) is 6.84. The summed E-state index contributed by atoms with van der Waals surface area (Å²) in [6, 6.07) is 6.88. The lowest BCUT2D eigenvalue weighted by Crippen LogP contribution is -1.77. The molecular formula is C8H6N2O2. The first-order valence-electron chi connectivity index (χ1n) is 3.43. The quantitative estimate of drug-likeness (QED) is 0.689. The van der Waals surface area contributed by atoms with Crippen LogP contribution in [0.25, 0.3) is 11.3 Å². The lowest BCUT2D eigenvalue weighted by Gasteiger charge is -1.96. The summed E-state index contributed by atoms with van der Waals surface area (Å²) in [5.74, 6) is 0.174. The molecule has 0 amide bonds. The number of phenols is 1. The summed E-state index contributed by atoms with van der Waals surface area (Å²) in [5, 5.41) is 16.3. The van der Waals surface area contributed by atoms with E-state index in [0.717, 1.165) is 0 Å². The van der Waals surface area contributed by atoms with Gasteiger partial charge in [0.15, 0.2) is 6.26 Å². The van der Waals surface area contributed by atoms with Gasteiger partial charge >= 0.3 is 0 Å². The zero-order chi connectivity index (χ0) is 8.39. The Hall–Kier alpha value is -1.84. The predicted octanol–water partition coefficient (Wildman–Crippen LogP) is 1.44. The molecule has 1 heterocycles. The molecule has 0 unspecified atom stereocenters. The molecule has 1 N–H and O–H groups in total. The first-order chi connectivity index (χ1) is 5.88. The van der Waals surface area contributed by atoms with E-state index < -0.39 is 0 Å². The van der Waals surface area contributed by atoms with Crippen molar-refractivity contribution in [3.05, 3.63) is 30.5 Å². The molecule has 0 fully saturated rings. The van der Waals surface area contributed by atoms with Crippen molar-refractivity contribution >= 4 is 0 Å². The summed E-state index contributed by atoms with van der Waals surface area (Å²) >= 11 is 0. The highest BCUT2D eigenvalue weighted by molar-refractivity contribution is 5.64. The molecular weight excluding hydrogens is 156 g/mol. The zero-order valence-corrected chi connectivity index (χ0v) is 6.14. The second-order valence-corrected chi connectivity index (χ2v) is 2.31. The second kappa shape index (κ2) is 2.65. The van der Waals surface area contributed by atoms with Crippen molar-refractivity contribution in [2.24, 2.45) is 0 Å². The minimum absolute atomic E-state index is 0.174. The summed E-state index contributed by atoms with van der Waals surface area (Å²) in [5.41, 5.74) is 1.16. The molecule has 0 bridgehead atoms. The first-order valence-corrected chi connectivity index (χ1v) is 3.43. The Balaban J connectivity index is 2.55. The van der Waals surface area contributed by atoms with Crippen LogP contribution in [0.4, 0.5) is 0 Å². The van der Waals surface area contributed by atoms with Crippen LogP contribution in [0.2, 0.25) is 0 Å². The van der Waals surface area contributed by atoms with E-state index in [1.54, 1.807) is 18.2 Å². The third-order valence-electron chi connectivity index (χ3n) is 1.54. The van der Waals surface area contributed by atoms with Crippen LogP contribution in [-0.2, 0) is 0 Å². The number of hydrogen-bond donors (Lipinski definition) is 1. The molecule has 0 atom stereocenters. The number of para-hydroxylation sites is 1. The fraction of sp³-hybridized carbons (Fsp3) is 0. The molecule has 0 saturated carbocycles. The number of aromatic nitrogens is 2. The number of benzene rings is 1. The molecule has 0 aliphatic heterocycles. The number of phenolic OH excluding ortho intramolecular Hbond substituents is 1. The Morgan fingerprint density at radius 3 is 2.75 bits per heavy atom. The van der Waals surface area contributed by atoms with Crippen molar-refractivity contribution < 1.29 is 9.63 Å². The molecule has 0 radical (unpaired) electrons. The van der Waals surface area contributed by atoms with Crippen LogP contribution in [0.15, 0.2) is 35.1 Å². The fourth-order valence-electron chi connectivity index (χ4n) is 0.972. The molecule has 0 spiro atoms. The van der Waals surface area contributed by atoms with Gasteiger partial charge in [-0.3, -0.25) is 0 Å². The smallest absolute Gasteiger partial charge is 0.152 e. The Kier molecular flexibility index (Phi) is 1.51. The molecule has 1 aromatic carbocycles. The highest BCUT2D eigenvalue weighted by Gasteiger charge is 2.05. The Labute approximate surface area is 68.4 Å². The van der Waals surface area contributed by atoms with Crippen LogP contribution in [0.5, 0.6) is 5.75 Å². The predicted molar refractivity (Wildman–Crippen MR) is 41.4 cm³/mol. The zero-order valence-electron chi connectivity index (χ0n) is 6.14. The van der Waals surface area contributed by atoms with Crippen LogP contribution in [-0.4, -0.2) is 15.5 Å². The molecule has 4 heteroatoms. The van der Waals surface area contributed by atoms with Crippen molar-refractivity contribution in [2.75, 3.05) is 0 Å². The van der Waals surface area contributed by atoms with Gasteiger partial charge in [-0.25, -0.2) is 0 Å². The number of nitrogens with zero attached hydrogens (tertiary/aromatic N) is 2. The largest absolute Gasteiger partial charge is 0.507 e. The molecule has 0 saturated heterocycles. The van der Waals surface area contributed by atoms with Crippen LogP contribution in [0, 0.1) is 0 Å².